The highest BCUT2D eigenvalue weighted by Crippen LogP contribution is 2.36. The molecule has 0 aliphatic carbocycles. The number of hydrogen-bond donors (Lipinski definition) is 0. The number of nitrogens with zero attached hydrogens (tertiary/aromatic N) is 3. The lowest BCUT2D eigenvalue weighted by molar-refractivity contribution is -0.123. The highest BCUT2D eigenvalue weighted by Gasteiger charge is 2.30. The van der Waals surface area contributed by atoms with Gasteiger partial charge in [-0.15, -0.1) is 0 Å². The van der Waals surface area contributed by atoms with Crippen LogP contribution in [0.5, 0.6) is 0 Å². The van der Waals surface area contributed by atoms with Crippen molar-refractivity contribution in [1.29, 1.82) is 0 Å². The van der Waals surface area contributed by atoms with E-state index in [-0.39, 0.29) is 11.6 Å². The Morgan fingerprint density at radius 1 is 0.903 bits per heavy atom. The molecule has 2 amide bonds. The number of carbonyl (C=O) groups excluding carboxylic acids is 2. The molecule has 0 fully saturated rings. The highest BCUT2D eigenvalue weighted by atomic mass is 32.2. The van der Waals surface area contributed by atoms with E-state index in [2.05, 4.69) is 9.98 Å². The molecule has 3 aromatic rings. The Labute approximate surface area is 187 Å². The lowest BCUT2D eigenvalue weighted by Gasteiger charge is -2.24. The first-order valence-corrected chi connectivity index (χ1v) is 11.1. The standard InChI is InChI=1S/C25H25N3O2S/c1-3-28(4-2)25(30)22(27-24(29)20-15-9-6-10-16-20)23(19-13-7-5-8-14-19)31-21-17-11-12-18-26-21/h5-18,23H,3-4H2,1-2H3. The van der Waals surface area contributed by atoms with Gasteiger partial charge < -0.3 is 4.90 Å². The lowest BCUT2D eigenvalue weighted by Crippen LogP contribution is -2.38. The summed E-state index contributed by atoms with van der Waals surface area (Å²) in [5.41, 5.74) is 1.54. The third-order valence-electron chi connectivity index (χ3n) is 4.74. The molecule has 0 N–H and O–H groups in total. The summed E-state index contributed by atoms with van der Waals surface area (Å²) in [6.07, 6.45) is 1.71. The van der Waals surface area contributed by atoms with Gasteiger partial charge in [-0.2, -0.15) is 0 Å². The molecule has 0 radical (unpaired) electrons. The van der Waals surface area contributed by atoms with Gasteiger partial charge in [-0.1, -0.05) is 66.4 Å². The number of aliphatic imine (C=N–C) groups is 1. The molecule has 31 heavy (non-hydrogen) atoms. The Balaban J connectivity index is 2.11. The molecule has 1 atom stereocenters. The van der Waals surface area contributed by atoms with Crippen LogP contribution in [0.4, 0.5) is 0 Å². The summed E-state index contributed by atoms with van der Waals surface area (Å²) in [7, 11) is 0. The molecule has 2 aromatic carbocycles. The average molecular weight is 432 g/mol. The van der Waals surface area contributed by atoms with Gasteiger partial charge >= 0.3 is 0 Å². The van der Waals surface area contributed by atoms with Crippen molar-refractivity contribution >= 4 is 29.3 Å². The van der Waals surface area contributed by atoms with Crippen LogP contribution in [0.25, 0.3) is 0 Å². The SMILES string of the molecule is CCN(CC)C(=O)C(=NC(=O)c1ccccc1)C(Sc1ccccn1)c1ccccc1. The van der Waals surface area contributed by atoms with Crippen molar-refractivity contribution in [2.75, 3.05) is 13.1 Å². The number of hydrogen-bond acceptors (Lipinski definition) is 4. The van der Waals surface area contributed by atoms with Crippen molar-refractivity contribution in [2.24, 2.45) is 4.99 Å². The Hall–Kier alpha value is -3.25. The van der Waals surface area contributed by atoms with Gasteiger partial charge in [0.25, 0.3) is 11.8 Å². The molecule has 0 saturated heterocycles. The number of thioether (sulfide) groups is 1. The van der Waals surface area contributed by atoms with E-state index >= 15 is 0 Å². The van der Waals surface area contributed by atoms with Crippen LogP contribution >= 0.6 is 11.8 Å². The lowest BCUT2D eigenvalue weighted by atomic mass is 10.1. The number of pyridine rings is 1. The minimum absolute atomic E-state index is 0.208. The molecule has 1 unspecified atom stereocenters. The molecule has 0 aliphatic heterocycles. The third kappa shape index (κ3) is 5.89. The van der Waals surface area contributed by atoms with E-state index < -0.39 is 11.2 Å². The van der Waals surface area contributed by atoms with Crippen molar-refractivity contribution < 1.29 is 9.59 Å². The fourth-order valence-corrected chi connectivity index (χ4v) is 4.17. The predicted molar refractivity (Wildman–Crippen MR) is 125 cm³/mol. The largest absolute Gasteiger partial charge is 0.338 e. The second-order valence-electron chi connectivity index (χ2n) is 6.72. The second kappa shape index (κ2) is 11.2. The topological polar surface area (TPSA) is 62.6 Å². The molecule has 158 valence electrons. The van der Waals surface area contributed by atoms with Crippen LogP contribution in [-0.2, 0) is 4.79 Å². The minimum atomic E-state index is -0.475. The number of aromatic nitrogens is 1. The molecule has 1 heterocycles. The zero-order valence-corrected chi connectivity index (χ0v) is 18.5. The van der Waals surface area contributed by atoms with E-state index in [9.17, 15) is 9.59 Å². The van der Waals surface area contributed by atoms with Gasteiger partial charge in [0.1, 0.15) is 5.71 Å². The molecule has 0 aliphatic rings. The Morgan fingerprint density at radius 3 is 2.10 bits per heavy atom. The van der Waals surface area contributed by atoms with Crippen molar-refractivity contribution in [3.63, 3.8) is 0 Å². The van der Waals surface area contributed by atoms with Crippen LogP contribution in [0.2, 0.25) is 0 Å². The van der Waals surface area contributed by atoms with Gasteiger partial charge in [0.2, 0.25) is 0 Å². The Bertz CT molecular complexity index is 1020. The predicted octanol–water partition coefficient (Wildman–Crippen LogP) is 5.06. The first-order valence-electron chi connectivity index (χ1n) is 10.2. The maximum Gasteiger partial charge on any atom is 0.277 e. The normalized spacial score (nSPS) is 12.3. The van der Waals surface area contributed by atoms with E-state index in [4.69, 9.17) is 0 Å². The summed E-state index contributed by atoms with van der Waals surface area (Å²) in [5, 5.41) is 0.278. The summed E-state index contributed by atoms with van der Waals surface area (Å²) in [4.78, 5) is 36.9. The van der Waals surface area contributed by atoms with Gasteiger partial charge in [0.05, 0.1) is 10.3 Å². The molecule has 0 spiro atoms. The smallest absolute Gasteiger partial charge is 0.277 e. The number of benzene rings is 2. The quantitative estimate of drug-likeness (QED) is 0.369. The number of rotatable bonds is 8. The first kappa shape index (κ1) is 22.4. The molecule has 5 nitrogen and oxygen atoms in total. The van der Waals surface area contributed by atoms with Crippen LogP contribution in [0.1, 0.15) is 35.0 Å². The minimum Gasteiger partial charge on any atom is -0.338 e. The summed E-state index contributed by atoms with van der Waals surface area (Å²) < 4.78 is 0. The average Bonchev–Trinajstić information content (AvgIpc) is 2.83. The number of carbonyl (C=O) groups is 2. The van der Waals surface area contributed by atoms with Gasteiger partial charge in [0, 0.05) is 24.8 Å². The van der Waals surface area contributed by atoms with E-state index in [1.807, 2.05) is 68.4 Å². The Kier molecular flexibility index (Phi) is 8.12. The molecule has 0 bridgehead atoms. The van der Waals surface area contributed by atoms with Crippen LogP contribution in [0.15, 0.2) is 95.1 Å². The zero-order valence-electron chi connectivity index (χ0n) is 17.6. The van der Waals surface area contributed by atoms with Crippen molar-refractivity contribution in [3.8, 4) is 0 Å². The van der Waals surface area contributed by atoms with Crippen LogP contribution in [0.3, 0.4) is 0 Å². The first-order chi connectivity index (χ1) is 15.1. The summed E-state index contributed by atoms with van der Waals surface area (Å²) in [6, 6.07) is 24.1. The molecule has 6 heteroatoms. The molecular weight excluding hydrogens is 406 g/mol. The third-order valence-corrected chi connectivity index (χ3v) is 5.95. The molecule has 0 saturated carbocycles. The van der Waals surface area contributed by atoms with Crippen LogP contribution in [-0.4, -0.2) is 40.5 Å². The van der Waals surface area contributed by atoms with Gasteiger partial charge in [-0.05, 0) is 43.7 Å². The van der Waals surface area contributed by atoms with E-state index in [0.717, 1.165) is 10.6 Å². The van der Waals surface area contributed by atoms with Crippen molar-refractivity contribution in [2.45, 2.75) is 24.1 Å². The summed E-state index contributed by atoms with van der Waals surface area (Å²) in [5.74, 6) is -0.676. The van der Waals surface area contributed by atoms with Gasteiger partial charge in [-0.25, -0.2) is 9.98 Å². The molecule has 1 aromatic heterocycles. The fourth-order valence-electron chi connectivity index (χ4n) is 3.09. The monoisotopic (exact) mass is 431 g/mol. The summed E-state index contributed by atoms with van der Waals surface area (Å²) >= 11 is 1.41. The van der Waals surface area contributed by atoms with Crippen molar-refractivity contribution in [1.82, 2.24) is 9.88 Å². The second-order valence-corrected chi connectivity index (χ2v) is 7.85. The fraction of sp³-hybridized carbons (Fsp3) is 0.200. The summed E-state index contributed by atoms with van der Waals surface area (Å²) in [6.45, 7) is 4.90. The zero-order chi connectivity index (χ0) is 22.1. The van der Waals surface area contributed by atoms with Gasteiger partial charge in [-0.3, -0.25) is 9.59 Å². The van der Waals surface area contributed by atoms with Crippen molar-refractivity contribution in [3.05, 3.63) is 96.2 Å². The molecular formula is C25H25N3O2S. The number of amides is 2. The highest BCUT2D eigenvalue weighted by molar-refractivity contribution is 8.00. The maximum absolute atomic E-state index is 13.5. The molecule has 3 rings (SSSR count). The van der Waals surface area contributed by atoms with Gasteiger partial charge in [0.15, 0.2) is 0 Å². The van der Waals surface area contributed by atoms with Crippen LogP contribution < -0.4 is 0 Å². The van der Waals surface area contributed by atoms with E-state index in [0.29, 0.717) is 18.7 Å². The Morgan fingerprint density at radius 2 is 1.52 bits per heavy atom. The van der Waals surface area contributed by atoms with E-state index in [1.165, 1.54) is 11.8 Å². The maximum atomic E-state index is 13.5. The van der Waals surface area contributed by atoms with Crippen LogP contribution in [0, 0.1) is 0 Å². The van der Waals surface area contributed by atoms with E-state index in [1.54, 1.807) is 35.4 Å².